The van der Waals surface area contributed by atoms with Gasteiger partial charge in [-0.25, -0.2) is 0 Å². The van der Waals surface area contributed by atoms with E-state index in [0.717, 1.165) is 5.69 Å². The number of nitrogens with zero attached hydrogens (tertiary/aromatic N) is 1. The Morgan fingerprint density at radius 2 is 2.40 bits per heavy atom. The number of hydrogen-bond donors (Lipinski definition) is 0. The van der Waals surface area contributed by atoms with Crippen LogP contribution in [0.4, 0.5) is 0 Å². The van der Waals surface area contributed by atoms with E-state index < -0.39 is 5.41 Å². The van der Waals surface area contributed by atoms with Crippen molar-refractivity contribution in [3.05, 3.63) is 30.1 Å². The average Bonchev–Trinajstić information content (AvgIpc) is 2.18. The van der Waals surface area contributed by atoms with Gasteiger partial charge >= 0.3 is 5.97 Å². The third kappa shape index (κ3) is 1.61. The van der Waals surface area contributed by atoms with E-state index in [0.29, 0.717) is 19.8 Å². The molecule has 1 aromatic heterocycles. The number of hydrogen-bond acceptors (Lipinski definition) is 4. The molecule has 4 heteroatoms. The molecule has 0 amide bonds. The average molecular weight is 207 g/mol. The van der Waals surface area contributed by atoms with Gasteiger partial charge in [-0.05, 0) is 19.1 Å². The fourth-order valence-electron chi connectivity index (χ4n) is 1.59. The van der Waals surface area contributed by atoms with Crippen molar-refractivity contribution >= 4 is 5.97 Å². The van der Waals surface area contributed by atoms with E-state index in [1.54, 1.807) is 13.1 Å². The molecule has 0 radical (unpaired) electrons. The Bertz CT molecular complexity index is 346. The maximum absolute atomic E-state index is 11.8. The van der Waals surface area contributed by atoms with Crippen molar-refractivity contribution < 1.29 is 14.3 Å². The molecule has 0 unspecified atom stereocenters. The van der Waals surface area contributed by atoms with Crippen LogP contribution in [0.15, 0.2) is 24.4 Å². The fourth-order valence-corrected chi connectivity index (χ4v) is 1.59. The largest absolute Gasteiger partial charge is 0.465 e. The summed E-state index contributed by atoms with van der Waals surface area (Å²) in [7, 11) is 0. The summed E-state index contributed by atoms with van der Waals surface area (Å²) in [5.74, 6) is -0.241. The summed E-state index contributed by atoms with van der Waals surface area (Å²) in [6.45, 7) is 2.91. The Kier molecular flexibility index (Phi) is 2.68. The third-order valence-electron chi connectivity index (χ3n) is 2.52. The maximum Gasteiger partial charge on any atom is 0.322 e. The van der Waals surface area contributed by atoms with Gasteiger partial charge in [-0.2, -0.15) is 0 Å². The maximum atomic E-state index is 11.8. The minimum absolute atomic E-state index is 0.241. The van der Waals surface area contributed by atoms with E-state index >= 15 is 0 Å². The van der Waals surface area contributed by atoms with Gasteiger partial charge in [0.05, 0.1) is 25.5 Å². The molecule has 1 fully saturated rings. The first-order valence-corrected chi connectivity index (χ1v) is 4.96. The van der Waals surface area contributed by atoms with E-state index in [1.807, 2.05) is 18.2 Å². The Labute approximate surface area is 88.2 Å². The lowest BCUT2D eigenvalue weighted by Gasteiger charge is -2.38. The van der Waals surface area contributed by atoms with E-state index in [-0.39, 0.29) is 5.97 Å². The van der Waals surface area contributed by atoms with Gasteiger partial charge in [-0.15, -0.1) is 0 Å². The van der Waals surface area contributed by atoms with Gasteiger partial charge in [-0.3, -0.25) is 9.78 Å². The molecular formula is C11H13NO3. The number of ether oxygens (including phenoxy) is 2. The molecular weight excluding hydrogens is 194 g/mol. The number of aromatic nitrogens is 1. The molecule has 4 nitrogen and oxygen atoms in total. The Morgan fingerprint density at radius 1 is 1.60 bits per heavy atom. The van der Waals surface area contributed by atoms with E-state index in [1.165, 1.54) is 0 Å². The zero-order chi connectivity index (χ0) is 10.7. The van der Waals surface area contributed by atoms with Crippen molar-refractivity contribution in [1.29, 1.82) is 0 Å². The van der Waals surface area contributed by atoms with Crippen LogP contribution in [-0.4, -0.2) is 30.8 Å². The van der Waals surface area contributed by atoms with Crippen LogP contribution in [0, 0.1) is 0 Å². The van der Waals surface area contributed by atoms with E-state index in [2.05, 4.69) is 4.98 Å². The summed E-state index contributed by atoms with van der Waals surface area (Å²) >= 11 is 0. The van der Waals surface area contributed by atoms with Crippen LogP contribution in [0.5, 0.6) is 0 Å². The van der Waals surface area contributed by atoms with Crippen LogP contribution >= 0.6 is 0 Å². The van der Waals surface area contributed by atoms with Crippen molar-refractivity contribution in [1.82, 2.24) is 4.98 Å². The number of rotatable bonds is 3. The lowest BCUT2D eigenvalue weighted by atomic mass is 9.82. The van der Waals surface area contributed by atoms with Crippen molar-refractivity contribution in [2.24, 2.45) is 0 Å². The van der Waals surface area contributed by atoms with Gasteiger partial charge < -0.3 is 9.47 Å². The second-order valence-corrected chi connectivity index (χ2v) is 3.51. The first-order chi connectivity index (χ1) is 7.29. The quantitative estimate of drug-likeness (QED) is 0.691. The molecule has 1 aromatic rings. The zero-order valence-corrected chi connectivity index (χ0v) is 8.60. The SMILES string of the molecule is CCOC(=O)C1(c2ccccn2)COC1. The highest BCUT2D eigenvalue weighted by Gasteiger charge is 2.50. The molecule has 0 aliphatic carbocycles. The van der Waals surface area contributed by atoms with Gasteiger partial charge in [0.2, 0.25) is 0 Å². The van der Waals surface area contributed by atoms with Crippen LogP contribution in [0.3, 0.4) is 0 Å². The monoisotopic (exact) mass is 207 g/mol. The molecule has 2 rings (SSSR count). The molecule has 0 saturated carbocycles. The van der Waals surface area contributed by atoms with Crippen molar-refractivity contribution in [3.8, 4) is 0 Å². The second kappa shape index (κ2) is 3.98. The molecule has 15 heavy (non-hydrogen) atoms. The van der Waals surface area contributed by atoms with Crippen LogP contribution in [0.2, 0.25) is 0 Å². The highest BCUT2D eigenvalue weighted by atomic mass is 16.6. The van der Waals surface area contributed by atoms with Gasteiger partial charge in [-0.1, -0.05) is 6.07 Å². The molecule has 80 valence electrons. The first-order valence-electron chi connectivity index (χ1n) is 4.96. The summed E-state index contributed by atoms with van der Waals surface area (Å²) in [6, 6.07) is 5.52. The molecule has 0 N–H and O–H groups in total. The standard InChI is InChI=1S/C11H13NO3/c1-2-15-10(13)11(7-14-8-11)9-5-3-4-6-12-9/h3-6H,2,7-8H2,1H3. The van der Waals surface area contributed by atoms with Crippen molar-refractivity contribution in [2.75, 3.05) is 19.8 Å². The smallest absolute Gasteiger partial charge is 0.322 e. The summed E-state index contributed by atoms with van der Waals surface area (Å²) in [5.41, 5.74) is 0.0618. The van der Waals surface area contributed by atoms with Crippen molar-refractivity contribution in [2.45, 2.75) is 12.3 Å². The lowest BCUT2D eigenvalue weighted by molar-refractivity contribution is -0.169. The minimum atomic E-state index is -0.669. The molecule has 1 aliphatic rings. The van der Waals surface area contributed by atoms with Gasteiger partial charge in [0, 0.05) is 6.20 Å². The molecule has 0 bridgehead atoms. The summed E-state index contributed by atoms with van der Waals surface area (Å²) < 4.78 is 10.2. The number of carbonyl (C=O) groups excluding carboxylic acids is 1. The molecule has 1 aliphatic heterocycles. The number of esters is 1. The highest BCUT2D eigenvalue weighted by molar-refractivity contribution is 5.84. The highest BCUT2D eigenvalue weighted by Crippen LogP contribution is 2.32. The number of carbonyl (C=O) groups is 1. The van der Waals surface area contributed by atoms with Crippen LogP contribution in [0.1, 0.15) is 12.6 Å². The first kappa shape index (κ1) is 10.1. The Balaban J connectivity index is 2.26. The lowest BCUT2D eigenvalue weighted by Crippen LogP contribution is -2.54. The molecule has 0 aromatic carbocycles. The van der Waals surface area contributed by atoms with Crippen molar-refractivity contribution in [3.63, 3.8) is 0 Å². The normalized spacial score (nSPS) is 17.9. The summed E-state index contributed by atoms with van der Waals surface area (Å²) in [6.07, 6.45) is 1.68. The predicted molar refractivity (Wildman–Crippen MR) is 53.4 cm³/mol. The third-order valence-corrected chi connectivity index (χ3v) is 2.52. The Hall–Kier alpha value is -1.42. The van der Waals surface area contributed by atoms with Crippen LogP contribution < -0.4 is 0 Å². The second-order valence-electron chi connectivity index (χ2n) is 3.51. The van der Waals surface area contributed by atoms with Gasteiger partial charge in [0.1, 0.15) is 0 Å². The topological polar surface area (TPSA) is 48.4 Å². The fraction of sp³-hybridized carbons (Fsp3) is 0.455. The Morgan fingerprint density at radius 3 is 2.87 bits per heavy atom. The van der Waals surface area contributed by atoms with Gasteiger partial charge in [0.25, 0.3) is 0 Å². The van der Waals surface area contributed by atoms with E-state index in [9.17, 15) is 4.79 Å². The summed E-state index contributed by atoms with van der Waals surface area (Å²) in [4.78, 5) is 16.0. The molecule has 1 saturated heterocycles. The molecule has 0 atom stereocenters. The molecule has 2 heterocycles. The molecule has 0 spiro atoms. The van der Waals surface area contributed by atoms with E-state index in [4.69, 9.17) is 9.47 Å². The van der Waals surface area contributed by atoms with Crippen LogP contribution in [0.25, 0.3) is 0 Å². The zero-order valence-electron chi connectivity index (χ0n) is 8.60. The summed E-state index contributed by atoms with van der Waals surface area (Å²) in [5, 5.41) is 0. The predicted octanol–water partition coefficient (Wildman–Crippen LogP) is 0.913. The minimum Gasteiger partial charge on any atom is -0.465 e. The van der Waals surface area contributed by atoms with Crippen LogP contribution in [-0.2, 0) is 19.7 Å². The van der Waals surface area contributed by atoms with Gasteiger partial charge in [0.15, 0.2) is 5.41 Å². The number of pyridine rings is 1.